The van der Waals surface area contributed by atoms with Crippen LogP contribution in [0.1, 0.15) is 52.4 Å². The van der Waals surface area contributed by atoms with Crippen LogP contribution in [-0.2, 0) is 0 Å². The van der Waals surface area contributed by atoms with E-state index in [-0.39, 0.29) is 0 Å². The summed E-state index contributed by atoms with van der Waals surface area (Å²) in [5.74, 6) is 0.589. The number of hydrogen-bond acceptors (Lipinski definition) is 1. The highest BCUT2D eigenvalue weighted by molar-refractivity contribution is 5.27. The molecule has 2 aliphatic carbocycles. The summed E-state index contributed by atoms with van der Waals surface area (Å²) in [7, 11) is 0. The second-order valence-corrected chi connectivity index (χ2v) is 3.49. The fourth-order valence-corrected chi connectivity index (χ4v) is 2.02. The summed E-state index contributed by atoms with van der Waals surface area (Å²) < 4.78 is 0. The summed E-state index contributed by atoms with van der Waals surface area (Å²) in [6.07, 6.45) is 9.01. The van der Waals surface area contributed by atoms with Crippen molar-refractivity contribution in [2.75, 3.05) is 0 Å². The Labute approximate surface area is 81.2 Å². The molecule has 1 heteroatoms. The molecule has 0 aromatic carbocycles. The molecule has 0 fully saturated rings. The predicted molar refractivity (Wildman–Crippen MR) is 56.8 cm³/mol. The molecule has 74 valence electrons. The smallest absolute Gasteiger partial charge is 0.0926 e. The van der Waals surface area contributed by atoms with Crippen LogP contribution < -0.4 is 0 Å². The zero-order valence-corrected chi connectivity index (χ0v) is 8.77. The predicted octanol–water partition coefficient (Wildman–Crippen LogP) is 4.12. The molecule has 0 heterocycles. The van der Waals surface area contributed by atoms with Gasteiger partial charge >= 0.3 is 0 Å². The van der Waals surface area contributed by atoms with Crippen molar-refractivity contribution in [1.82, 2.24) is 0 Å². The summed E-state index contributed by atoms with van der Waals surface area (Å²) in [6, 6.07) is 0. The van der Waals surface area contributed by atoms with Crippen molar-refractivity contribution in [3.05, 3.63) is 23.0 Å². The lowest BCUT2D eigenvalue weighted by atomic mass is 9.85. The van der Waals surface area contributed by atoms with Gasteiger partial charge < -0.3 is 5.11 Å². The van der Waals surface area contributed by atoms with Gasteiger partial charge in [0.15, 0.2) is 0 Å². The third-order valence-electron chi connectivity index (χ3n) is 2.69. The van der Waals surface area contributed by atoms with Gasteiger partial charge in [-0.3, -0.25) is 0 Å². The molecule has 0 saturated carbocycles. The topological polar surface area (TPSA) is 20.2 Å². The molecule has 0 atom stereocenters. The van der Waals surface area contributed by atoms with E-state index >= 15 is 0 Å². The number of rotatable bonds is 0. The third kappa shape index (κ3) is 2.61. The number of aliphatic hydroxyl groups excluding tert-OH is 1. The van der Waals surface area contributed by atoms with Gasteiger partial charge in [0.1, 0.15) is 0 Å². The maximum atomic E-state index is 9.28. The Morgan fingerprint density at radius 1 is 1.08 bits per heavy atom. The summed E-state index contributed by atoms with van der Waals surface area (Å²) in [5.41, 5.74) is 3.13. The highest BCUT2D eigenvalue weighted by atomic mass is 16.3. The van der Waals surface area contributed by atoms with E-state index in [0.717, 1.165) is 12.8 Å². The first-order valence-electron chi connectivity index (χ1n) is 5.44. The molecule has 0 unspecified atom stereocenters. The van der Waals surface area contributed by atoms with E-state index in [1.54, 1.807) is 5.57 Å². The van der Waals surface area contributed by atoms with Crippen LogP contribution in [0.15, 0.2) is 23.0 Å². The minimum Gasteiger partial charge on any atom is -0.512 e. The fourth-order valence-electron chi connectivity index (χ4n) is 2.02. The zero-order chi connectivity index (χ0) is 9.68. The molecule has 2 rings (SSSR count). The second-order valence-electron chi connectivity index (χ2n) is 3.49. The Morgan fingerprint density at radius 2 is 1.69 bits per heavy atom. The van der Waals surface area contributed by atoms with Gasteiger partial charge in [0, 0.05) is 6.42 Å². The molecule has 13 heavy (non-hydrogen) atoms. The van der Waals surface area contributed by atoms with Crippen LogP contribution in [0.25, 0.3) is 0 Å². The Balaban J connectivity index is 0.000000396. The van der Waals surface area contributed by atoms with E-state index in [4.69, 9.17) is 0 Å². The molecule has 0 aromatic heterocycles. The molecule has 0 radical (unpaired) electrons. The Kier molecular flexibility index (Phi) is 4.07. The highest BCUT2D eigenvalue weighted by Crippen LogP contribution is 2.34. The molecule has 0 aromatic rings. The summed E-state index contributed by atoms with van der Waals surface area (Å²) in [4.78, 5) is 0. The monoisotopic (exact) mass is 180 g/mol. The first kappa shape index (κ1) is 10.4. The standard InChI is InChI=1S/C10H14O.C2H6/c11-10-6-5-8-3-1-2-4-9(8)7-10;1-2/h6,11H,1-5,7H2;1-2H3. The first-order valence-corrected chi connectivity index (χ1v) is 5.44. The van der Waals surface area contributed by atoms with Gasteiger partial charge in [-0.15, -0.1) is 0 Å². The van der Waals surface area contributed by atoms with E-state index in [0.29, 0.717) is 5.76 Å². The number of allylic oxidation sites excluding steroid dienone is 3. The Morgan fingerprint density at radius 3 is 2.38 bits per heavy atom. The van der Waals surface area contributed by atoms with Gasteiger partial charge in [-0.25, -0.2) is 0 Å². The Bertz CT molecular complexity index is 223. The highest BCUT2D eigenvalue weighted by Gasteiger charge is 2.16. The molecule has 0 amide bonds. The van der Waals surface area contributed by atoms with Crippen LogP contribution in [-0.4, -0.2) is 5.11 Å². The minimum absolute atomic E-state index is 0.589. The van der Waals surface area contributed by atoms with Crippen molar-refractivity contribution in [2.24, 2.45) is 0 Å². The third-order valence-corrected chi connectivity index (χ3v) is 2.69. The largest absolute Gasteiger partial charge is 0.512 e. The van der Waals surface area contributed by atoms with Crippen LogP contribution in [0.4, 0.5) is 0 Å². The lowest BCUT2D eigenvalue weighted by molar-refractivity contribution is 0.386. The van der Waals surface area contributed by atoms with Crippen molar-refractivity contribution in [2.45, 2.75) is 52.4 Å². The zero-order valence-electron chi connectivity index (χ0n) is 8.77. The maximum Gasteiger partial charge on any atom is 0.0926 e. The van der Waals surface area contributed by atoms with Crippen LogP contribution in [0, 0.1) is 0 Å². The fraction of sp³-hybridized carbons (Fsp3) is 0.667. The van der Waals surface area contributed by atoms with Crippen molar-refractivity contribution in [3.63, 3.8) is 0 Å². The van der Waals surface area contributed by atoms with E-state index in [1.807, 2.05) is 19.9 Å². The van der Waals surface area contributed by atoms with E-state index in [2.05, 4.69) is 0 Å². The molecule has 0 saturated heterocycles. The van der Waals surface area contributed by atoms with Crippen LogP contribution >= 0.6 is 0 Å². The van der Waals surface area contributed by atoms with Crippen LogP contribution in [0.5, 0.6) is 0 Å². The molecule has 1 N–H and O–H groups in total. The van der Waals surface area contributed by atoms with Gasteiger partial charge in [0.2, 0.25) is 0 Å². The van der Waals surface area contributed by atoms with E-state index in [9.17, 15) is 5.11 Å². The molecule has 1 nitrogen and oxygen atoms in total. The normalized spacial score (nSPS) is 21.2. The van der Waals surface area contributed by atoms with E-state index in [1.165, 1.54) is 31.3 Å². The van der Waals surface area contributed by atoms with Crippen molar-refractivity contribution < 1.29 is 5.11 Å². The Hall–Kier alpha value is -0.720. The average molecular weight is 180 g/mol. The number of hydrogen-bond donors (Lipinski definition) is 1. The molecule has 0 aliphatic heterocycles. The lowest BCUT2D eigenvalue weighted by Gasteiger charge is -2.22. The van der Waals surface area contributed by atoms with Crippen molar-refractivity contribution in [3.8, 4) is 0 Å². The molecule has 0 bridgehead atoms. The average Bonchev–Trinajstić information content (AvgIpc) is 2.21. The van der Waals surface area contributed by atoms with Crippen LogP contribution in [0.3, 0.4) is 0 Å². The van der Waals surface area contributed by atoms with Gasteiger partial charge in [0.25, 0.3) is 0 Å². The summed E-state index contributed by atoms with van der Waals surface area (Å²) in [5, 5.41) is 9.28. The quantitative estimate of drug-likeness (QED) is 0.556. The van der Waals surface area contributed by atoms with Gasteiger partial charge in [-0.2, -0.15) is 0 Å². The summed E-state index contributed by atoms with van der Waals surface area (Å²) >= 11 is 0. The molecule has 2 aliphatic rings. The number of aliphatic hydroxyl groups is 1. The lowest BCUT2D eigenvalue weighted by Crippen LogP contribution is -2.04. The van der Waals surface area contributed by atoms with Gasteiger partial charge in [-0.05, 0) is 38.2 Å². The first-order chi connectivity index (χ1) is 6.36. The van der Waals surface area contributed by atoms with Crippen molar-refractivity contribution in [1.29, 1.82) is 0 Å². The molecular formula is C12H20O. The summed E-state index contributed by atoms with van der Waals surface area (Å²) in [6.45, 7) is 4.00. The van der Waals surface area contributed by atoms with Crippen molar-refractivity contribution >= 4 is 0 Å². The molecule has 0 spiro atoms. The van der Waals surface area contributed by atoms with Crippen LogP contribution in [0.2, 0.25) is 0 Å². The van der Waals surface area contributed by atoms with E-state index < -0.39 is 0 Å². The minimum atomic E-state index is 0.589. The van der Waals surface area contributed by atoms with Gasteiger partial charge in [0.05, 0.1) is 5.76 Å². The SMILES string of the molecule is CC.OC1=CCC2=C(CCCC2)C1. The molecular weight excluding hydrogens is 160 g/mol. The second kappa shape index (κ2) is 5.11. The maximum absolute atomic E-state index is 9.28. The van der Waals surface area contributed by atoms with Gasteiger partial charge in [-0.1, -0.05) is 25.0 Å².